The smallest absolute Gasteiger partial charge is 0.308 e. The average molecular weight is 477 g/mol. The Kier molecular flexibility index (Phi) is 6.90. The van der Waals surface area contributed by atoms with Gasteiger partial charge in [-0.15, -0.1) is 0 Å². The molecule has 1 aliphatic rings. The second-order valence-electron chi connectivity index (χ2n) is 9.59. The fraction of sp³-hybridized carbons (Fsp3) is 0.242. The van der Waals surface area contributed by atoms with Crippen LogP contribution in [-0.4, -0.2) is 13.1 Å². The SMILES string of the molecule is COc1ccc(C2(c3ccc(OC(C)=O)c(-c4ccccc4)c3)CCCCC2)cc1-c1ccccc1. The number of carbonyl (C=O) groups is 1. The van der Waals surface area contributed by atoms with Crippen LogP contribution in [0, 0.1) is 0 Å². The number of ether oxygens (including phenoxy) is 2. The largest absolute Gasteiger partial charge is 0.496 e. The van der Waals surface area contributed by atoms with Crippen LogP contribution in [0.3, 0.4) is 0 Å². The zero-order valence-electron chi connectivity index (χ0n) is 21.0. The fourth-order valence-corrected chi connectivity index (χ4v) is 5.66. The molecule has 0 atom stereocenters. The Morgan fingerprint density at radius 3 is 1.67 bits per heavy atom. The number of benzene rings is 4. The van der Waals surface area contributed by atoms with Crippen molar-refractivity contribution < 1.29 is 14.3 Å². The lowest BCUT2D eigenvalue weighted by Gasteiger charge is -2.39. The highest BCUT2D eigenvalue weighted by Gasteiger charge is 2.37. The highest BCUT2D eigenvalue weighted by atomic mass is 16.5. The van der Waals surface area contributed by atoms with Gasteiger partial charge in [-0.1, -0.05) is 92.1 Å². The number of rotatable bonds is 6. The molecule has 0 bridgehead atoms. The third-order valence-corrected chi connectivity index (χ3v) is 7.41. The molecule has 36 heavy (non-hydrogen) atoms. The minimum absolute atomic E-state index is 0.119. The van der Waals surface area contributed by atoms with Crippen molar-refractivity contribution in [3.63, 3.8) is 0 Å². The summed E-state index contributed by atoms with van der Waals surface area (Å²) in [5, 5.41) is 0. The molecule has 1 saturated carbocycles. The third-order valence-electron chi connectivity index (χ3n) is 7.41. The highest BCUT2D eigenvalue weighted by Crippen LogP contribution is 2.48. The molecule has 4 aromatic carbocycles. The van der Waals surface area contributed by atoms with Crippen molar-refractivity contribution in [3.05, 3.63) is 108 Å². The Morgan fingerprint density at radius 2 is 1.17 bits per heavy atom. The molecule has 0 heterocycles. The van der Waals surface area contributed by atoms with Crippen LogP contribution in [0.1, 0.15) is 50.2 Å². The molecule has 3 nitrogen and oxygen atoms in total. The molecular formula is C33H32O3. The number of methoxy groups -OCH3 is 1. The van der Waals surface area contributed by atoms with E-state index in [0.29, 0.717) is 5.75 Å². The summed E-state index contributed by atoms with van der Waals surface area (Å²) in [4.78, 5) is 11.9. The molecular weight excluding hydrogens is 444 g/mol. The minimum Gasteiger partial charge on any atom is -0.496 e. The van der Waals surface area contributed by atoms with Gasteiger partial charge in [0.2, 0.25) is 0 Å². The summed E-state index contributed by atoms with van der Waals surface area (Å²) in [6.07, 6.45) is 5.77. The van der Waals surface area contributed by atoms with Gasteiger partial charge < -0.3 is 9.47 Å². The van der Waals surface area contributed by atoms with Gasteiger partial charge in [0.05, 0.1) is 7.11 Å². The number of carbonyl (C=O) groups excluding carboxylic acids is 1. The summed E-state index contributed by atoms with van der Waals surface area (Å²) >= 11 is 0. The summed E-state index contributed by atoms with van der Waals surface area (Å²) in [5.41, 5.74) is 6.71. The van der Waals surface area contributed by atoms with E-state index in [0.717, 1.165) is 40.8 Å². The summed E-state index contributed by atoms with van der Waals surface area (Å²) in [6.45, 7) is 1.45. The van der Waals surface area contributed by atoms with Crippen molar-refractivity contribution in [3.8, 4) is 33.8 Å². The summed E-state index contributed by atoms with van der Waals surface area (Å²) < 4.78 is 11.4. The first-order chi connectivity index (χ1) is 17.6. The van der Waals surface area contributed by atoms with Crippen LogP contribution in [0.5, 0.6) is 11.5 Å². The molecule has 3 heteroatoms. The normalized spacial score (nSPS) is 14.7. The van der Waals surface area contributed by atoms with Gasteiger partial charge in [-0.25, -0.2) is 0 Å². The van der Waals surface area contributed by atoms with Crippen LogP contribution in [0.25, 0.3) is 22.3 Å². The Balaban J connectivity index is 1.68. The van der Waals surface area contributed by atoms with E-state index in [1.807, 2.05) is 30.3 Å². The van der Waals surface area contributed by atoms with Crippen LogP contribution in [0.4, 0.5) is 0 Å². The molecule has 1 aliphatic carbocycles. The molecule has 182 valence electrons. The molecule has 0 radical (unpaired) electrons. The molecule has 0 amide bonds. The Morgan fingerprint density at radius 1 is 0.667 bits per heavy atom. The Labute approximate surface area is 213 Å². The van der Waals surface area contributed by atoms with E-state index in [-0.39, 0.29) is 11.4 Å². The van der Waals surface area contributed by atoms with Crippen molar-refractivity contribution in [2.45, 2.75) is 44.4 Å². The van der Waals surface area contributed by atoms with Gasteiger partial charge in [-0.05, 0) is 59.4 Å². The first-order valence-corrected chi connectivity index (χ1v) is 12.7. The summed E-state index contributed by atoms with van der Waals surface area (Å²) in [5.74, 6) is 1.17. The van der Waals surface area contributed by atoms with Crippen molar-refractivity contribution >= 4 is 5.97 Å². The molecule has 5 rings (SSSR count). The van der Waals surface area contributed by atoms with Crippen LogP contribution >= 0.6 is 0 Å². The summed E-state index contributed by atoms with van der Waals surface area (Å²) in [6, 6.07) is 33.7. The maximum absolute atomic E-state index is 11.9. The maximum Gasteiger partial charge on any atom is 0.308 e. The Hall–Kier alpha value is -3.85. The first-order valence-electron chi connectivity index (χ1n) is 12.7. The van der Waals surface area contributed by atoms with E-state index in [4.69, 9.17) is 9.47 Å². The molecule has 0 aromatic heterocycles. The Bertz CT molecular complexity index is 1340. The van der Waals surface area contributed by atoms with Crippen LogP contribution < -0.4 is 9.47 Å². The minimum atomic E-state index is -0.310. The second kappa shape index (κ2) is 10.4. The van der Waals surface area contributed by atoms with E-state index in [1.54, 1.807) is 7.11 Å². The topological polar surface area (TPSA) is 35.5 Å². The van der Waals surface area contributed by atoms with Crippen LogP contribution in [0.15, 0.2) is 97.1 Å². The highest BCUT2D eigenvalue weighted by molar-refractivity contribution is 5.78. The number of hydrogen-bond acceptors (Lipinski definition) is 3. The van der Waals surface area contributed by atoms with Gasteiger partial charge >= 0.3 is 5.97 Å². The predicted molar refractivity (Wildman–Crippen MR) is 145 cm³/mol. The van der Waals surface area contributed by atoms with Crippen molar-refractivity contribution in [1.82, 2.24) is 0 Å². The zero-order valence-corrected chi connectivity index (χ0v) is 21.0. The predicted octanol–water partition coefficient (Wildman–Crippen LogP) is 8.20. The lowest BCUT2D eigenvalue weighted by Crippen LogP contribution is -2.30. The van der Waals surface area contributed by atoms with Gasteiger partial charge in [0.15, 0.2) is 0 Å². The van der Waals surface area contributed by atoms with Crippen molar-refractivity contribution in [2.24, 2.45) is 0 Å². The van der Waals surface area contributed by atoms with Gasteiger partial charge in [0, 0.05) is 23.5 Å². The second-order valence-corrected chi connectivity index (χ2v) is 9.59. The third kappa shape index (κ3) is 4.66. The molecule has 0 saturated heterocycles. The quantitative estimate of drug-likeness (QED) is 0.208. The van der Waals surface area contributed by atoms with Crippen LogP contribution in [0.2, 0.25) is 0 Å². The molecule has 0 N–H and O–H groups in total. The van der Waals surface area contributed by atoms with E-state index >= 15 is 0 Å². The van der Waals surface area contributed by atoms with Gasteiger partial charge in [0.1, 0.15) is 11.5 Å². The molecule has 0 aliphatic heterocycles. The van der Waals surface area contributed by atoms with E-state index in [1.165, 1.54) is 37.3 Å². The zero-order chi connectivity index (χ0) is 25.0. The van der Waals surface area contributed by atoms with Crippen molar-refractivity contribution in [1.29, 1.82) is 0 Å². The average Bonchev–Trinajstić information content (AvgIpc) is 2.94. The summed E-state index contributed by atoms with van der Waals surface area (Å²) in [7, 11) is 1.73. The van der Waals surface area contributed by atoms with Gasteiger partial charge in [0.25, 0.3) is 0 Å². The van der Waals surface area contributed by atoms with Crippen LogP contribution in [-0.2, 0) is 10.2 Å². The molecule has 1 fully saturated rings. The monoisotopic (exact) mass is 476 g/mol. The lowest BCUT2D eigenvalue weighted by atomic mass is 9.64. The first kappa shape index (κ1) is 23.9. The number of hydrogen-bond donors (Lipinski definition) is 0. The van der Waals surface area contributed by atoms with E-state index in [2.05, 4.69) is 66.7 Å². The molecule has 0 unspecified atom stereocenters. The van der Waals surface area contributed by atoms with Gasteiger partial charge in [-0.2, -0.15) is 0 Å². The fourth-order valence-electron chi connectivity index (χ4n) is 5.66. The maximum atomic E-state index is 11.9. The standard InChI is InChI=1S/C33H32O3/c1-24(34)36-32-19-17-28(23-30(32)26-14-8-4-9-15-26)33(20-10-5-11-21-33)27-16-18-31(35-2)29(22-27)25-12-6-3-7-13-25/h3-4,6-9,12-19,22-23H,5,10-11,20-21H2,1-2H3. The molecule has 0 spiro atoms. The van der Waals surface area contributed by atoms with E-state index < -0.39 is 0 Å². The van der Waals surface area contributed by atoms with Gasteiger partial charge in [-0.3, -0.25) is 4.79 Å². The lowest BCUT2D eigenvalue weighted by molar-refractivity contribution is -0.131. The van der Waals surface area contributed by atoms with Crippen molar-refractivity contribution in [2.75, 3.05) is 7.11 Å². The number of esters is 1. The molecule has 4 aromatic rings. The van der Waals surface area contributed by atoms with E-state index in [9.17, 15) is 4.79 Å².